The molecule has 2 rings (SSSR count). The van der Waals surface area contributed by atoms with Gasteiger partial charge in [-0.1, -0.05) is 19.9 Å². The summed E-state index contributed by atoms with van der Waals surface area (Å²) in [5.41, 5.74) is 1.92. The molecule has 0 radical (unpaired) electrons. The van der Waals surface area contributed by atoms with Gasteiger partial charge in [-0.25, -0.2) is 4.39 Å². The number of hydrogen-bond donors (Lipinski definition) is 1. The Balaban J connectivity index is 2.30. The Hall–Kier alpha value is -1.09. The monoisotopic (exact) mass is 278 g/mol. The van der Waals surface area contributed by atoms with E-state index in [2.05, 4.69) is 37.1 Å². The van der Waals surface area contributed by atoms with Crippen molar-refractivity contribution in [2.75, 3.05) is 18.0 Å². The van der Waals surface area contributed by atoms with Crippen LogP contribution in [0.15, 0.2) is 18.2 Å². The molecule has 2 unspecified atom stereocenters. The van der Waals surface area contributed by atoms with Gasteiger partial charge < -0.3 is 10.2 Å². The molecule has 2 nitrogen and oxygen atoms in total. The van der Waals surface area contributed by atoms with E-state index in [1.165, 1.54) is 12.8 Å². The van der Waals surface area contributed by atoms with Gasteiger partial charge in [0.15, 0.2) is 0 Å². The first-order chi connectivity index (χ1) is 9.69. The zero-order valence-corrected chi connectivity index (χ0v) is 13.0. The number of halogens is 1. The molecule has 1 aromatic carbocycles. The molecule has 0 aliphatic carbocycles. The van der Waals surface area contributed by atoms with Crippen LogP contribution in [-0.4, -0.2) is 19.1 Å². The summed E-state index contributed by atoms with van der Waals surface area (Å²) in [7, 11) is 0. The van der Waals surface area contributed by atoms with Gasteiger partial charge in [0, 0.05) is 29.9 Å². The van der Waals surface area contributed by atoms with Crippen LogP contribution in [0.4, 0.5) is 10.1 Å². The van der Waals surface area contributed by atoms with Crippen molar-refractivity contribution in [3.05, 3.63) is 29.6 Å². The van der Waals surface area contributed by atoms with E-state index in [4.69, 9.17) is 0 Å². The molecule has 20 heavy (non-hydrogen) atoms. The molecular formula is C17H27FN2. The highest BCUT2D eigenvalue weighted by molar-refractivity contribution is 5.57. The van der Waals surface area contributed by atoms with E-state index in [1.807, 2.05) is 6.07 Å². The lowest BCUT2D eigenvalue weighted by Crippen LogP contribution is -2.31. The summed E-state index contributed by atoms with van der Waals surface area (Å²) in [6.45, 7) is 8.40. The minimum absolute atomic E-state index is 0.0595. The van der Waals surface area contributed by atoms with Crippen LogP contribution in [0.2, 0.25) is 0 Å². The second-order valence-corrected chi connectivity index (χ2v) is 5.75. The molecule has 1 aliphatic rings. The summed E-state index contributed by atoms with van der Waals surface area (Å²) >= 11 is 0. The smallest absolute Gasteiger partial charge is 0.130 e. The van der Waals surface area contributed by atoms with Crippen LogP contribution in [0.5, 0.6) is 0 Å². The third kappa shape index (κ3) is 3.14. The van der Waals surface area contributed by atoms with E-state index in [0.717, 1.165) is 37.2 Å². The lowest BCUT2D eigenvalue weighted by Gasteiger charge is -2.30. The van der Waals surface area contributed by atoms with Crippen molar-refractivity contribution in [2.24, 2.45) is 0 Å². The first-order valence-corrected chi connectivity index (χ1v) is 7.97. The van der Waals surface area contributed by atoms with E-state index in [0.29, 0.717) is 6.04 Å². The third-order valence-electron chi connectivity index (χ3n) is 4.32. The highest BCUT2D eigenvalue weighted by atomic mass is 19.1. The van der Waals surface area contributed by atoms with Crippen LogP contribution >= 0.6 is 0 Å². The molecule has 112 valence electrons. The highest BCUT2D eigenvalue weighted by Crippen LogP contribution is 2.34. The first-order valence-electron chi connectivity index (χ1n) is 7.97. The van der Waals surface area contributed by atoms with Crippen molar-refractivity contribution < 1.29 is 4.39 Å². The van der Waals surface area contributed by atoms with Gasteiger partial charge in [-0.15, -0.1) is 0 Å². The van der Waals surface area contributed by atoms with Gasteiger partial charge in [0.05, 0.1) is 0 Å². The average molecular weight is 278 g/mol. The van der Waals surface area contributed by atoms with Crippen molar-refractivity contribution in [1.29, 1.82) is 0 Å². The molecule has 1 heterocycles. The number of nitrogens with one attached hydrogen (secondary N) is 1. The van der Waals surface area contributed by atoms with Crippen LogP contribution in [0.3, 0.4) is 0 Å². The van der Waals surface area contributed by atoms with Gasteiger partial charge in [0.1, 0.15) is 5.82 Å². The fraction of sp³-hybridized carbons (Fsp3) is 0.647. The highest BCUT2D eigenvalue weighted by Gasteiger charge is 2.27. The third-order valence-corrected chi connectivity index (χ3v) is 4.32. The Morgan fingerprint density at radius 3 is 2.90 bits per heavy atom. The normalized spacial score (nSPS) is 20.4. The first kappa shape index (κ1) is 15.3. The van der Waals surface area contributed by atoms with Crippen LogP contribution in [0.25, 0.3) is 0 Å². The van der Waals surface area contributed by atoms with E-state index in [1.54, 1.807) is 6.07 Å². The van der Waals surface area contributed by atoms with Crippen molar-refractivity contribution in [2.45, 2.75) is 58.5 Å². The topological polar surface area (TPSA) is 15.3 Å². The van der Waals surface area contributed by atoms with E-state index < -0.39 is 0 Å². The number of anilines is 1. The minimum Gasteiger partial charge on any atom is -0.368 e. The van der Waals surface area contributed by atoms with E-state index >= 15 is 0 Å². The zero-order chi connectivity index (χ0) is 14.5. The summed E-state index contributed by atoms with van der Waals surface area (Å²) in [5.74, 6) is -0.0830. The number of benzene rings is 1. The molecule has 1 aliphatic heterocycles. The number of rotatable bonds is 6. The Morgan fingerprint density at radius 1 is 1.40 bits per heavy atom. The Labute approximate surface area is 122 Å². The van der Waals surface area contributed by atoms with Gasteiger partial charge in [-0.3, -0.25) is 0 Å². The van der Waals surface area contributed by atoms with Crippen LogP contribution in [0.1, 0.15) is 58.1 Å². The van der Waals surface area contributed by atoms with Crippen molar-refractivity contribution in [3.8, 4) is 0 Å². The summed E-state index contributed by atoms with van der Waals surface area (Å²) in [5, 5.41) is 3.42. The summed E-state index contributed by atoms with van der Waals surface area (Å²) in [6.07, 6.45) is 4.64. The SMILES string of the molecule is CCCNC(C)c1c(F)cccc1N1CCCC1CC. The lowest BCUT2D eigenvalue weighted by atomic mass is 10.0. The predicted molar refractivity (Wildman–Crippen MR) is 83.8 cm³/mol. The minimum atomic E-state index is -0.0830. The molecule has 1 fully saturated rings. The molecule has 1 saturated heterocycles. The van der Waals surface area contributed by atoms with E-state index in [-0.39, 0.29) is 11.9 Å². The largest absolute Gasteiger partial charge is 0.368 e. The van der Waals surface area contributed by atoms with Crippen molar-refractivity contribution >= 4 is 5.69 Å². The van der Waals surface area contributed by atoms with Gasteiger partial charge in [-0.2, -0.15) is 0 Å². The standard InChI is InChI=1S/C17H27FN2/c1-4-11-19-13(3)17-15(18)9-6-10-16(17)20-12-7-8-14(20)5-2/h6,9-10,13-14,19H,4-5,7-8,11-12H2,1-3H3. The molecule has 0 spiro atoms. The summed E-state index contributed by atoms with van der Waals surface area (Å²) in [4.78, 5) is 2.41. The molecule has 0 saturated carbocycles. The Kier molecular flexibility index (Phi) is 5.41. The Bertz CT molecular complexity index is 433. The number of hydrogen-bond acceptors (Lipinski definition) is 2. The Morgan fingerprint density at radius 2 is 2.20 bits per heavy atom. The summed E-state index contributed by atoms with van der Waals surface area (Å²) in [6, 6.07) is 6.13. The molecular weight excluding hydrogens is 251 g/mol. The summed E-state index contributed by atoms with van der Waals surface area (Å²) < 4.78 is 14.3. The zero-order valence-electron chi connectivity index (χ0n) is 13.0. The van der Waals surface area contributed by atoms with Gasteiger partial charge in [-0.05, 0) is 51.3 Å². The molecule has 2 atom stereocenters. The fourth-order valence-corrected chi connectivity index (χ4v) is 3.24. The molecule has 0 bridgehead atoms. The van der Waals surface area contributed by atoms with Gasteiger partial charge >= 0.3 is 0 Å². The fourth-order valence-electron chi connectivity index (χ4n) is 3.24. The second kappa shape index (κ2) is 7.07. The number of nitrogens with zero attached hydrogens (tertiary/aromatic N) is 1. The molecule has 1 N–H and O–H groups in total. The average Bonchev–Trinajstić information content (AvgIpc) is 2.92. The van der Waals surface area contributed by atoms with Gasteiger partial charge in [0.25, 0.3) is 0 Å². The maximum atomic E-state index is 14.3. The second-order valence-electron chi connectivity index (χ2n) is 5.75. The van der Waals surface area contributed by atoms with Crippen molar-refractivity contribution in [3.63, 3.8) is 0 Å². The lowest BCUT2D eigenvalue weighted by molar-refractivity contribution is 0.524. The van der Waals surface area contributed by atoms with Crippen LogP contribution < -0.4 is 10.2 Å². The van der Waals surface area contributed by atoms with Crippen LogP contribution in [-0.2, 0) is 0 Å². The maximum Gasteiger partial charge on any atom is 0.130 e. The predicted octanol–water partition coefficient (Wildman–Crippen LogP) is 4.27. The van der Waals surface area contributed by atoms with Crippen LogP contribution in [0, 0.1) is 5.82 Å². The van der Waals surface area contributed by atoms with Gasteiger partial charge in [0.2, 0.25) is 0 Å². The molecule has 0 aromatic heterocycles. The maximum absolute atomic E-state index is 14.3. The molecule has 0 amide bonds. The quantitative estimate of drug-likeness (QED) is 0.836. The van der Waals surface area contributed by atoms with E-state index in [9.17, 15) is 4.39 Å². The molecule has 3 heteroatoms. The van der Waals surface area contributed by atoms with Crippen molar-refractivity contribution in [1.82, 2.24) is 5.32 Å². The molecule has 1 aromatic rings.